The van der Waals surface area contributed by atoms with Crippen LogP contribution in [0.3, 0.4) is 0 Å². The van der Waals surface area contributed by atoms with E-state index in [2.05, 4.69) is 5.32 Å². The first-order chi connectivity index (χ1) is 8.74. The van der Waals surface area contributed by atoms with Crippen molar-refractivity contribution < 1.29 is 14.6 Å². The number of benzene rings is 1. The molecule has 0 saturated carbocycles. The highest BCUT2D eigenvalue weighted by atomic mass is 16.5. The van der Waals surface area contributed by atoms with Gasteiger partial charge in [-0.15, -0.1) is 0 Å². The summed E-state index contributed by atoms with van der Waals surface area (Å²) < 4.78 is 10.6. The SMILES string of the molecule is COc1ccc(OC)c(CC2CNCCC2O)c1. The predicted molar refractivity (Wildman–Crippen MR) is 70.2 cm³/mol. The topological polar surface area (TPSA) is 50.7 Å². The molecule has 1 aromatic carbocycles. The summed E-state index contributed by atoms with van der Waals surface area (Å²) >= 11 is 0. The minimum absolute atomic E-state index is 0.234. The van der Waals surface area contributed by atoms with E-state index in [-0.39, 0.29) is 12.0 Å². The summed E-state index contributed by atoms with van der Waals surface area (Å²) in [4.78, 5) is 0. The van der Waals surface area contributed by atoms with Gasteiger partial charge in [-0.25, -0.2) is 0 Å². The maximum absolute atomic E-state index is 10.0. The van der Waals surface area contributed by atoms with Crippen LogP contribution in [-0.4, -0.2) is 38.5 Å². The number of aliphatic hydroxyl groups excluding tert-OH is 1. The number of ether oxygens (including phenoxy) is 2. The monoisotopic (exact) mass is 251 g/mol. The summed E-state index contributed by atoms with van der Waals surface area (Å²) in [5.74, 6) is 1.91. The van der Waals surface area contributed by atoms with E-state index < -0.39 is 0 Å². The van der Waals surface area contributed by atoms with Crippen LogP contribution in [0.5, 0.6) is 11.5 Å². The lowest BCUT2D eigenvalue weighted by Gasteiger charge is -2.28. The fourth-order valence-corrected chi connectivity index (χ4v) is 2.44. The summed E-state index contributed by atoms with van der Waals surface area (Å²) in [5.41, 5.74) is 1.09. The number of hydrogen-bond acceptors (Lipinski definition) is 4. The van der Waals surface area contributed by atoms with Gasteiger partial charge in [0.15, 0.2) is 0 Å². The molecule has 0 radical (unpaired) electrons. The Bertz CT molecular complexity index is 395. The molecule has 1 aliphatic rings. The van der Waals surface area contributed by atoms with Gasteiger partial charge in [0.25, 0.3) is 0 Å². The summed E-state index contributed by atoms with van der Waals surface area (Å²) in [7, 11) is 3.32. The van der Waals surface area contributed by atoms with E-state index in [1.165, 1.54) is 0 Å². The molecule has 18 heavy (non-hydrogen) atoms. The Balaban J connectivity index is 2.15. The van der Waals surface area contributed by atoms with Crippen LogP contribution in [-0.2, 0) is 6.42 Å². The highest BCUT2D eigenvalue weighted by Gasteiger charge is 2.24. The quantitative estimate of drug-likeness (QED) is 0.844. The molecule has 0 bridgehead atoms. The summed E-state index contributed by atoms with van der Waals surface area (Å²) in [6.07, 6.45) is 1.38. The van der Waals surface area contributed by atoms with Crippen molar-refractivity contribution >= 4 is 0 Å². The highest BCUT2D eigenvalue weighted by molar-refractivity contribution is 5.40. The molecular weight excluding hydrogens is 230 g/mol. The molecule has 1 aromatic rings. The second-order valence-electron chi connectivity index (χ2n) is 4.70. The zero-order chi connectivity index (χ0) is 13.0. The van der Waals surface area contributed by atoms with E-state index in [0.29, 0.717) is 0 Å². The van der Waals surface area contributed by atoms with Crippen molar-refractivity contribution in [2.75, 3.05) is 27.3 Å². The van der Waals surface area contributed by atoms with Crippen molar-refractivity contribution in [3.63, 3.8) is 0 Å². The molecule has 1 heterocycles. The molecule has 4 nitrogen and oxygen atoms in total. The number of piperidine rings is 1. The first-order valence-corrected chi connectivity index (χ1v) is 6.34. The van der Waals surface area contributed by atoms with E-state index in [1.54, 1.807) is 14.2 Å². The van der Waals surface area contributed by atoms with E-state index in [1.807, 2.05) is 18.2 Å². The molecule has 0 amide bonds. The first kappa shape index (κ1) is 13.2. The Morgan fingerprint density at radius 1 is 1.33 bits per heavy atom. The number of rotatable bonds is 4. The molecule has 1 saturated heterocycles. The van der Waals surface area contributed by atoms with Gasteiger partial charge in [0, 0.05) is 12.5 Å². The molecule has 4 heteroatoms. The first-order valence-electron chi connectivity index (χ1n) is 6.34. The Morgan fingerprint density at radius 2 is 2.17 bits per heavy atom. The van der Waals surface area contributed by atoms with Crippen LogP contribution < -0.4 is 14.8 Å². The van der Waals surface area contributed by atoms with Crippen molar-refractivity contribution in [3.05, 3.63) is 23.8 Å². The molecule has 100 valence electrons. The average Bonchev–Trinajstić information content (AvgIpc) is 2.41. The third-order valence-electron chi connectivity index (χ3n) is 3.54. The van der Waals surface area contributed by atoms with Crippen molar-refractivity contribution in [1.82, 2.24) is 5.32 Å². The van der Waals surface area contributed by atoms with Crippen LogP contribution in [0, 0.1) is 5.92 Å². The number of nitrogens with one attached hydrogen (secondary N) is 1. The Labute approximate surface area is 108 Å². The van der Waals surface area contributed by atoms with E-state index in [9.17, 15) is 5.11 Å². The van der Waals surface area contributed by atoms with E-state index >= 15 is 0 Å². The Morgan fingerprint density at radius 3 is 2.83 bits per heavy atom. The zero-order valence-corrected chi connectivity index (χ0v) is 11.0. The molecule has 1 fully saturated rings. The zero-order valence-electron chi connectivity index (χ0n) is 11.0. The molecule has 2 atom stereocenters. The maximum atomic E-state index is 10.0. The number of hydrogen-bond donors (Lipinski definition) is 2. The van der Waals surface area contributed by atoms with Gasteiger partial charge in [-0.1, -0.05) is 0 Å². The van der Waals surface area contributed by atoms with E-state index in [0.717, 1.165) is 43.0 Å². The second-order valence-corrected chi connectivity index (χ2v) is 4.70. The van der Waals surface area contributed by atoms with Gasteiger partial charge in [-0.3, -0.25) is 0 Å². The van der Waals surface area contributed by atoms with Crippen LogP contribution >= 0.6 is 0 Å². The standard InChI is InChI=1S/C14H21NO3/c1-17-12-3-4-14(18-2)10(8-12)7-11-9-15-6-5-13(11)16/h3-4,8,11,13,15-16H,5-7,9H2,1-2H3. The van der Waals surface area contributed by atoms with Crippen molar-refractivity contribution in [1.29, 1.82) is 0 Å². The molecule has 2 N–H and O–H groups in total. The average molecular weight is 251 g/mol. The second kappa shape index (κ2) is 6.07. The van der Waals surface area contributed by atoms with Crippen LogP contribution in [0.2, 0.25) is 0 Å². The van der Waals surface area contributed by atoms with Crippen molar-refractivity contribution in [2.45, 2.75) is 18.9 Å². The molecule has 0 aliphatic carbocycles. The van der Waals surface area contributed by atoms with Gasteiger partial charge in [-0.05, 0) is 43.1 Å². The summed E-state index contributed by atoms with van der Waals surface area (Å²) in [6, 6.07) is 5.79. The molecule has 0 spiro atoms. The maximum Gasteiger partial charge on any atom is 0.122 e. The largest absolute Gasteiger partial charge is 0.497 e. The van der Waals surface area contributed by atoms with Crippen molar-refractivity contribution in [3.8, 4) is 11.5 Å². The minimum atomic E-state index is -0.234. The Kier molecular flexibility index (Phi) is 4.44. The normalized spacial score (nSPS) is 23.7. The number of aliphatic hydroxyl groups is 1. The van der Waals surface area contributed by atoms with Gasteiger partial charge >= 0.3 is 0 Å². The third-order valence-corrected chi connectivity index (χ3v) is 3.54. The highest BCUT2D eigenvalue weighted by Crippen LogP contribution is 2.28. The van der Waals surface area contributed by atoms with Crippen LogP contribution in [0.25, 0.3) is 0 Å². The summed E-state index contributed by atoms with van der Waals surface area (Å²) in [5, 5.41) is 13.3. The lowest BCUT2D eigenvalue weighted by molar-refractivity contribution is 0.0788. The van der Waals surface area contributed by atoms with E-state index in [4.69, 9.17) is 9.47 Å². The molecule has 2 rings (SSSR count). The van der Waals surface area contributed by atoms with Crippen LogP contribution in [0.1, 0.15) is 12.0 Å². The van der Waals surface area contributed by atoms with Gasteiger partial charge in [0.05, 0.1) is 20.3 Å². The molecule has 2 unspecified atom stereocenters. The third kappa shape index (κ3) is 2.94. The Hall–Kier alpha value is -1.26. The van der Waals surface area contributed by atoms with Gasteiger partial charge < -0.3 is 19.9 Å². The lowest BCUT2D eigenvalue weighted by Crippen LogP contribution is -2.40. The predicted octanol–water partition coefficient (Wildman–Crippen LogP) is 1.22. The van der Waals surface area contributed by atoms with Crippen LogP contribution in [0.4, 0.5) is 0 Å². The lowest BCUT2D eigenvalue weighted by atomic mass is 9.89. The fourth-order valence-electron chi connectivity index (χ4n) is 2.44. The minimum Gasteiger partial charge on any atom is -0.497 e. The molecule has 1 aliphatic heterocycles. The summed E-state index contributed by atoms with van der Waals surface area (Å²) in [6.45, 7) is 1.74. The molecule has 0 aromatic heterocycles. The number of methoxy groups -OCH3 is 2. The molecular formula is C14H21NO3. The van der Waals surface area contributed by atoms with Gasteiger partial charge in [-0.2, -0.15) is 0 Å². The van der Waals surface area contributed by atoms with Gasteiger partial charge in [0.1, 0.15) is 11.5 Å². The van der Waals surface area contributed by atoms with Gasteiger partial charge in [0.2, 0.25) is 0 Å². The van der Waals surface area contributed by atoms with Crippen molar-refractivity contribution in [2.24, 2.45) is 5.92 Å². The fraction of sp³-hybridized carbons (Fsp3) is 0.571. The smallest absolute Gasteiger partial charge is 0.122 e. The van der Waals surface area contributed by atoms with Crippen LogP contribution in [0.15, 0.2) is 18.2 Å².